The Bertz CT molecular complexity index is 955. The highest BCUT2D eigenvalue weighted by molar-refractivity contribution is 5.77. The number of amides is 1. The van der Waals surface area contributed by atoms with Crippen molar-refractivity contribution < 1.29 is 24.5 Å². The van der Waals surface area contributed by atoms with Crippen molar-refractivity contribution in [1.82, 2.24) is 5.32 Å². The molecular formula is C57H111NO5. The number of nitrogens with one attached hydrogen (secondary N) is 1. The number of aliphatic hydroxyl groups excluding tert-OH is 2. The van der Waals surface area contributed by atoms with Crippen molar-refractivity contribution in [2.45, 2.75) is 334 Å². The molecule has 0 radical (unpaired) electrons. The SMILES string of the molecule is CCCCCCCC/C=C/CCCCCCCCCCCC(=O)OC(CCCCCCCCCC)CC(=O)NC(CO)C(O)CCCCCCCCCCCCCCCCCCC. The lowest BCUT2D eigenvalue weighted by Gasteiger charge is -2.24. The number of hydrogen-bond donors (Lipinski definition) is 3. The number of aliphatic hydroxyl groups is 2. The molecule has 374 valence electrons. The molecule has 0 aromatic rings. The molecule has 63 heavy (non-hydrogen) atoms. The van der Waals surface area contributed by atoms with Crippen LogP contribution < -0.4 is 5.32 Å². The van der Waals surface area contributed by atoms with Crippen LogP contribution >= 0.6 is 0 Å². The zero-order valence-electron chi connectivity index (χ0n) is 42.7. The minimum Gasteiger partial charge on any atom is -0.462 e. The van der Waals surface area contributed by atoms with E-state index < -0.39 is 18.2 Å². The van der Waals surface area contributed by atoms with Crippen LogP contribution in [0.15, 0.2) is 12.2 Å². The molecule has 0 fully saturated rings. The molecule has 0 aromatic carbocycles. The Labute approximate surface area is 393 Å². The predicted octanol–water partition coefficient (Wildman–Crippen LogP) is 17.3. The Morgan fingerprint density at radius 1 is 0.444 bits per heavy atom. The second kappa shape index (κ2) is 51.6. The van der Waals surface area contributed by atoms with Crippen molar-refractivity contribution in [3.63, 3.8) is 0 Å². The van der Waals surface area contributed by atoms with Crippen molar-refractivity contribution >= 4 is 11.9 Å². The van der Waals surface area contributed by atoms with Gasteiger partial charge in [-0.25, -0.2) is 0 Å². The van der Waals surface area contributed by atoms with E-state index >= 15 is 0 Å². The number of esters is 1. The van der Waals surface area contributed by atoms with E-state index in [2.05, 4.69) is 38.2 Å². The summed E-state index contributed by atoms with van der Waals surface area (Å²) in [6.07, 6.45) is 58.6. The van der Waals surface area contributed by atoms with E-state index in [4.69, 9.17) is 4.74 Å². The second-order valence-electron chi connectivity index (χ2n) is 19.7. The van der Waals surface area contributed by atoms with Crippen LogP contribution in [0.25, 0.3) is 0 Å². The smallest absolute Gasteiger partial charge is 0.306 e. The number of unbranched alkanes of at least 4 members (excludes halogenated alkanes) is 38. The molecule has 0 aliphatic carbocycles. The molecule has 3 atom stereocenters. The molecule has 6 nitrogen and oxygen atoms in total. The molecule has 0 aromatic heterocycles. The van der Waals surface area contributed by atoms with Gasteiger partial charge in [0.25, 0.3) is 0 Å². The highest BCUT2D eigenvalue weighted by Gasteiger charge is 2.24. The molecule has 0 heterocycles. The zero-order valence-corrected chi connectivity index (χ0v) is 42.7. The third kappa shape index (κ3) is 46.9. The third-order valence-electron chi connectivity index (χ3n) is 13.3. The van der Waals surface area contributed by atoms with Gasteiger partial charge in [0.2, 0.25) is 5.91 Å². The minimum absolute atomic E-state index is 0.0834. The summed E-state index contributed by atoms with van der Waals surface area (Å²) in [4.78, 5) is 26.1. The van der Waals surface area contributed by atoms with Gasteiger partial charge in [0.1, 0.15) is 6.10 Å². The first-order chi connectivity index (χ1) is 31.0. The van der Waals surface area contributed by atoms with E-state index in [0.717, 1.165) is 44.9 Å². The predicted molar refractivity (Wildman–Crippen MR) is 273 cm³/mol. The highest BCUT2D eigenvalue weighted by Crippen LogP contribution is 2.19. The van der Waals surface area contributed by atoms with Crippen LogP contribution in [-0.4, -0.2) is 46.9 Å². The Kier molecular flexibility index (Phi) is 50.4. The lowest BCUT2D eigenvalue weighted by Crippen LogP contribution is -2.46. The molecule has 0 spiro atoms. The molecule has 6 heteroatoms. The third-order valence-corrected chi connectivity index (χ3v) is 13.3. The summed E-state index contributed by atoms with van der Waals surface area (Å²) < 4.78 is 5.93. The van der Waals surface area contributed by atoms with Gasteiger partial charge in [-0.1, -0.05) is 264 Å². The van der Waals surface area contributed by atoms with Crippen LogP contribution in [-0.2, 0) is 14.3 Å². The van der Waals surface area contributed by atoms with Crippen LogP contribution in [0.4, 0.5) is 0 Å². The number of rotatable bonds is 52. The fraction of sp³-hybridized carbons (Fsp3) is 0.930. The quantitative estimate of drug-likeness (QED) is 0.0321. The van der Waals surface area contributed by atoms with Crippen molar-refractivity contribution in [2.75, 3.05) is 6.61 Å². The van der Waals surface area contributed by atoms with Gasteiger partial charge in [-0.3, -0.25) is 9.59 Å². The van der Waals surface area contributed by atoms with E-state index in [-0.39, 0.29) is 24.9 Å². The summed E-state index contributed by atoms with van der Waals surface area (Å²) >= 11 is 0. The summed E-state index contributed by atoms with van der Waals surface area (Å²) in [6, 6.07) is -0.695. The highest BCUT2D eigenvalue weighted by atomic mass is 16.5. The summed E-state index contributed by atoms with van der Waals surface area (Å²) in [7, 11) is 0. The normalized spacial score (nSPS) is 13.2. The molecule has 3 N–H and O–H groups in total. The fourth-order valence-electron chi connectivity index (χ4n) is 9.02. The van der Waals surface area contributed by atoms with Gasteiger partial charge >= 0.3 is 5.97 Å². The van der Waals surface area contributed by atoms with Gasteiger partial charge < -0.3 is 20.3 Å². The first-order valence-electron chi connectivity index (χ1n) is 28.4. The molecular weight excluding hydrogens is 779 g/mol. The fourth-order valence-corrected chi connectivity index (χ4v) is 9.02. The van der Waals surface area contributed by atoms with Crippen LogP contribution in [0, 0.1) is 0 Å². The van der Waals surface area contributed by atoms with Gasteiger partial charge in [0.15, 0.2) is 0 Å². The molecule has 0 aliphatic heterocycles. The molecule has 0 saturated carbocycles. The van der Waals surface area contributed by atoms with Crippen molar-refractivity contribution in [3.8, 4) is 0 Å². The van der Waals surface area contributed by atoms with Gasteiger partial charge in [0.05, 0.1) is 25.2 Å². The number of hydrogen-bond acceptors (Lipinski definition) is 5. The zero-order chi connectivity index (χ0) is 45.9. The number of carbonyl (C=O) groups excluding carboxylic acids is 2. The molecule has 0 bridgehead atoms. The van der Waals surface area contributed by atoms with Gasteiger partial charge in [-0.05, 0) is 51.4 Å². The summed E-state index contributed by atoms with van der Waals surface area (Å²) in [5.74, 6) is -0.459. The lowest BCUT2D eigenvalue weighted by molar-refractivity contribution is -0.151. The molecule has 0 aliphatic rings. The maximum Gasteiger partial charge on any atom is 0.306 e. The second-order valence-corrected chi connectivity index (χ2v) is 19.7. The Balaban J connectivity index is 4.29. The van der Waals surface area contributed by atoms with Crippen LogP contribution in [0.2, 0.25) is 0 Å². The lowest BCUT2D eigenvalue weighted by atomic mass is 10.0. The monoisotopic (exact) mass is 890 g/mol. The molecule has 0 rings (SSSR count). The number of carbonyl (C=O) groups is 2. The van der Waals surface area contributed by atoms with Crippen LogP contribution in [0.5, 0.6) is 0 Å². The van der Waals surface area contributed by atoms with Crippen molar-refractivity contribution in [2.24, 2.45) is 0 Å². The van der Waals surface area contributed by atoms with E-state index in [1.54, 1.807) is 0 Å². The van der Waals surface area contributed by atoms with Gasteiger partial charge in [0, 0.05) is 6.42 Å². The maximum absolute atomic E-state index is 13.2. The first-order valence-corrected chi connectivity index (χ1v) is 28.4. The number of allylic oxidation sites excluding steroid dienone is 2. The largest absolute Gasteiger partial charge is 0.462 e. The van der Waals surface area contributed by atoms with E-state index in [1.807, 2.05) is 0 Å². The van der Waals surface area contributed by atoms with Crippen molar-refractivity contribution in [1.29, 1.82) is 0 Å². The summed E-state index contributed by atoms with van der Waals surface area (Å²) in [6.45, 7) is 6.50. The van der Waals surface area contributed by atoms with Gasteiger partial charge in [-0.2, -0.15) is 0 Å². The first kappa shape index (κ1) is 61.6. The Morgan fingerprint density at radius 3 is 1.13 bits per heavy atom. The topological polar surface area (TPSA) is 95.9 Å². The summed E-state index contributed by atoms with van der Waals surface area (Å²) in [5.41, 5.74) is 0. The van der Waals surface area contributed by atoms with Crippen LogP contribution in [0.1, 0.15) is 316 Å². The van der Waals surface area contributed by atoms with E-state index in [9.17, 15) is 19.8 Å². The van der Waals surface area contributed by atoms with Gasteiger partial charge in [-0.15, -0.1) is 0 Å². The van der Waals surface area contributed by atoms with Crippen molar-refractivity contribution in [3.05, 3.63) is 12.2 Å². The molecule has 3 unspecified atom stereocenters. The molecule has 1 amide bonds. The van der Waals surface area contributed by atoms with Crippen LogP contribution in [0.3, 0.4) is 0 Å². The average molecular weight is 891 g/mol. The number of ether oxygens (including phenoxy) is 1. The van der Waals surface area contributed by atoms with E-state index in [0.29, 0.717) is 19.3 Å². The van der Waals surface area contributed by atoms with E-state index in [1.165, 1.54) is 225 Å². The Hall–Kier alpha value is -1.40. The standard InChI is InChI=1S/C57H111NO5/c1-4-7-10-13-16-19-21-23-25-27-28-30-32-34-36-38-41-44-47-50-57(62)63-53(48-45-42-39-18-15-12-9-6-3)51-56(61)58-54(52-59)55(60)49-46-43-40-37-35-33-31-29-26-24-22-20-17-14-11-8-5-2/h23,25,53-55,59-60H,4-22,24,26-52H2,1-3H3,(H,58,61)/b25-23+. The maximum atomic E-state index is 13.2. The summed E-state index contributed by atoms with van der Waals surface area (Å²) in [5, 5.41) is 23.8. The molecule has 0 saturated heterocycles. The Morgan fingerprint density at radius 2 is 0.762 bits per heavy atom. The minimum atomic E-state index is -0.782. The average Bonchev–Trinajstić information content (AvgIpc) is 3.28.